The highest BCUT2D eigenvalue weighted by molar-refractivity contribution is 5.88. The number of amides is 1. The van der Waals surface area contributed by atoms with Crippen molar-refractivity contribution in [1.29, 1.82) is 0 Å². The van der Waals surface area contributed by atoms with Crippen LogP contribution in [0.15, 0.2) is 29.4 Å². The van der Waals surface area contributed by atoms with Gasteiger partial charge in [0.2, 0.25) is 0 Å². The van der Waals surface area contributed by atoms with Gasteiger partial charge in [-0.25, -0.2) is 5.43 Å². The maximum atomic E-state index is 12.1. The molecule has 184 valence electrons. The Hall–Kier alpha value is -3.62. The average molecular weight is 472 g/mol. The van der Waals surface area contributed by atoms with Gasteiger partial charge in [-0.05, 0) is 54.4 Å². The molecule has 0 aliphatic rings. The van der Waals surface area contributed by atoms with E-state index in [-0.39, 0.29) is 33.8 Å². The first-order valence-electron chi connectivity index (χ1n) is 10.9. The van der Waals surface area contributed by atoms with Crippen LogP contribution in [0.2, 0.25) is 0 Å². The van der Waals surface area contributed by atoms with Gasteiger partial charge in [0, 0.05) is 17.2 Å². The van der Waals surface area contributed by atoms with E-state index in [2.05, 4.69) is 31.3 Å². The van der Waals surface area contributed by atoms with E-state index in [9.17, 15) is 25.1 Å². The van der Waals surface area contributed by atoms with Gasteiger partial charge in [0.1, 0.15) is 11.5 Å². The van der Waals surface area contributed by atoms with Crippen LogP contribution < -0.4 is 10.2 Å². The summed E-state index contributed by atoms with van der Waals surface area (Å²) in [7, 11) is 0. The van der Waals surface area contributed by atoms with Gasteiger partial charge in [0.05, 0.1) is 11.1 Å². The van der Waals surface area contributed by atoms with Crippen molar-refractivity contribution in [3.05, 3.63) is 56.6 Å². The molecule has 2 aromatic carbocycles. The Labute approximate surface area is 199 Å². The summed E-state index contributed by atoms with van der Waals surface area (Å²) in [5.41, 5.74) is 3.83. The third-order valence-electron chi connectivity index (χ3n) is 5.42. The molecule has 0 aromatic heterocycles. The number of carbonyl (C=O) groups excluding carboxylic acids is 1. The highest BCUT2D eigenvalue weighted by Gasteiger charge is 2.30. The number of phenols is 2. The molecule has 0 radical (unpaired) electrons. The summed E-state index contributed by atoms with van der Waals surface area (Å²) in [6, 6.07) is 6.26. The van der Waals surface area contributed by atoms with E-state index in [0.717, 1.165) is 12.0 Å². The number of hydrazone groups is 1. The van der Waals surface area contributed by atoms with E-state index in [1.54, 1.807) is 19.9 Å². The molecule has 9 heteroatoms. The minimum Gasteiger partial charge on any atom is -0.508 e. The van der Waals surface area contributed by atoms with Crippen molar-refractivity contribution in [3.8, 4) is 17.2 Å². The standard InChI is InChI=1S/C25H33N3O6/c1-15-10-20(29)16(2)23(31)18(15)12-26-27-22(30)13-34-21-9-8-17(11-19(21)28(32)33)25(6,7)14-24(3,4)5/h8-12,29,31H,13-14H2,1-7H3,(H,27,30). The van der Waals surface area contributed by atoms with Crippen LogP contribution in [0.5, 0.6) is 17.2 Å². The predicted molar refractivity (Wildman–Crippen MR) is 131 cm³/mol. The van der Waals surface area contributed by atoms with E-state index in [4.69, 9.17) is 4.74 Å². The molecule has 0 aliphatic carbocycles. The number of nitro benzene ring substituents is 1. The normalized spacial score (nSPS) is 12.1. The molecule has 0 saturated carbocycles. The number of benzene rings is 2. The van der Waals surface area contributed by atoms with E-state index in [1.165, 1.54) is 24.4 Å². The van der Waals surface area contributed by atoms with Crippen molar-refractivity contribution in [2.75, 3.05) is 6.61 Å². The Morgan fingerprint density at radius 1 is 1.18 bits per heavy atom. The molecule has 0 fully saturated rings. The largest absolute Gasteiger partial charge is 0.508 e. The summed E-state index contributed by atoms with van der Waals surface area (Å²) in [5.74, 6) is -0.826. The van der Waals surface area contributed by atoms with E-state index < -0.39 is 17.4 Å². The maximum absolute atomic E-state index is 12.1. The number of phenolic OH excluding ortho intramolecular Hbond substituents is 2. The lowest BCUT2D eigenvalue weighted by molar-refractivity contribution is -0.385. The van der Waals surface area contributed by atoms with Gasteiger partial charge in [-0.3, -0.25) is 14.9 Å². The van der Waals surface area contributed by atoms with Gasteiger partial charge in [-0.1, -0.05) is 40.7 Å². The van der Waals surface area contributed by atoms with Crippen molar-refractivity contribution in [1.82, 2.24) is 5.43 Å². The third kappa shape index (κ3) is 6.69. The highest BCUT2D eigenvalue weighted by Crippen LogP contribution is 2.39. The van der Waals surface area contributed by atoms with Crippen molar-refractivity contribution in [3.63, 3.8) is 0 Å². The summed E-state index contributed by atoms with van der Waals surface area (Å²) in [6.07, 6.45) is 2.08. The zero-order chi connectivity index (χ0) is 25.8. The Morgan fingerprint density at radius 2 is 1.82 bits per heavy atom. The predicted octanol–water partition coefficient (Wildman–Crippen LogP) is 4.87. The van der Waals surface area contributed by atoms with Crippen LogP contribution in [0.4, 0.5) is 5.69 Å². The molecular weight excluding hydrogens is 438 g/mol. The second-order valence-corrected chi connectivity index (χ2v) is 10.2. The molecule has 0 saturated heterocycles. The van der Waals surface area contributed by atoms with Gasteiger partial charge in [0.25, 0.3) is 5.91 Å². The zero-order valence-electron chi connectivity index (χ0n) is 20.7. The maximum Gasteiger partial charge on any atom is 0.311 e. The summed E-state index contributed by atoms with van der Waals surface area (Å²) >= 11 is 0. The lowest BCUT2D eigenvalue weighted by Crippen LogP contribution is -2.26. The number of nitrogens with zero attached hydrogens (tertiary/aromatic N) is 2. The Kier molecular flexibility index (Phi) is 7.92. The van der Waals surface area contributed by atoms with Gasteiger partial charge in [-0.15, -0.1) is 0 Å². The first-order chi connectivity index (χ1) is 15.6. The molecular formula is C25H33N3O6. The van der Waals surface area contributed by atoms with E-state index in [1.807, 2.05) is 13.8 Å². The molecule has 0 aliphatic heterocycles. The second kappa shape index (κ2) is 10.1. The first kappa shape index (κ1) is 26.6. The lowest BCUT2D eigenvalue weighted by Gasteiger charge is -2.33. The Bertz CT molecular complexity index is 1120. The van der Waals surface area contributed by atoms with Crippen LogP contribution in [0.3, 0.4) is 0 Å². The number of rotatable bonds is 8. The highest BCUT2D eigenvalue weighted by atomic mass is 16.6. The molecule has 1 amide bonds. The van der Waals surface area contributed by atoms with Gasteiger partial charge in [0.15, 0.2) is 12.4 Å². The van der Waals surface area contributed by atoms with Crippen LogP contribution >= 0.6 is 0 Å². The molecule has 9 nitrogen and oxygen atoms in total. The third-order valence-corrected chi connectivity index (χ3v) is 5.42. The molecule has 2 aromatic rings. The molecule has 0 heterocycles. The quantitative estimate of drug-likeness (QED) is 0.286. The fourth-order valence-corrected chi connectivity index (χ4v) is 4.04. The van der Waals surface area contributed by atoms with Gasteiger partial charge >= 0.3 is 5.69 Å². The molecule has 2 rings (SSSR count). The monoisotopic (exact) mass is 471 g/mol. The number of carbonyl (C=O) groups is 1. The van der Waals surface area contributed by atoms with Crippen LogP contribution in [0, 0.1) is 29.4 Å². The molecule has 3 N–H and O–H groups in total. The number of nitrogens with one attached hydrogen (secondary N) is 1. The summed E-state index contributed by atoms with van der Waals surface area (Å²) in [4.78, 5) is 23.2. The van der Waals surface area contributed by atoms with Crippen LogP contribution in [-0.4, -0.2) is 33.9 Å². The molecule has 34 heavy (non-hydrogen) atoms. The first-order valence-corrected chi connectivity index (χ1v) is 10.9. The van der Waals surface area contributed by atoms with Gasteiger partial charge in [-0.2, -0.15) is 5.10 Å². The Balaban J connectivity index is 2.10. The number of hydrogen-bond acceptors (Lipinski definition) is 7. The van der Waals surface area contributed by atoms with Crippen LogP contribution in [0.25, 0.3) is 0 Å². The number of nitro groups is 1. The van der Waals surface area contributed by atoms with Gasteiger partial charge < -0.3 is 14.9 Å². The molecule has 0 unspecified atom stereocenters. The molecule has 0 bridgehead atoms. The summed E-state index contributed by atoms with van der Waals surface area (Å²) in [6.45, 7) is 13.2. The number of aryl methyl sites for hydroxylation is 1. The van der Waals surface area contributed by atoms with Crippen LogP contribution in [-0.2, 0) is 10.2 Å². The summed E-state index contributed by atoms with van der Waals surface area (Å²) in [5, 5.41) is 35.3. The number of ether oxygens (including phenoxy) is 1. The van der Waals surface area contributed by atoms with Crippen molar-refractivity contribution in [2.45, 2.75) is 60.3 Å². The van der Waals surface area contributed by atoms with Crippen molar-refractivity contribution < 1.29 is 24.7 Å². The Morgan fingerprint density at radius 3 is 2.41 bits per heavy atom. The average Bonchev–Trinajstić information content (AvgIpc) is 2.71. The fraction of sp³-hybridized carbons (Fsp3) is 0.440. The minimum absolute atomic E-state index is 0.0120. The van der Waals surface area contributed by atoms with Crippen molar-refractivity contribution in [2.24, 2.45) is 10.5 Å². The van der Waals surface area contributed by atoms with Crippen molar-refractivity contribution >= 4 is 17.8 Å². The number of aromatic hydroxyl groups is 2. The second-order valence-electron chi connectivity index (χ2n) is 10.2. The molecule has 0 atom stereocenters. The smallest absolute Gasteiger partial charge is 0.311 e. The minimum atomic E-state index is -0.629. The SMILES string of the molecule is Cc1cc(O)c(C)c(O)c1C=NNC(=O)COc1ccc(C(C)(C)CC(C)(C)C)cc1[N+](=O)[O-]. The number of hydrogen-bond donors (Lipinski definition) is 3. The van der Waals surface area contributed by atoms with E-state index in [0.29, 0.717) is 16.7 Å². The van der Waals surface area contributed by atoms with E-state index >= 15 is 0 Å². The lowest BCUT2D eigenvalue weighted by atomic mass is 9.72. The summed E-state index contributed by atoms with van der Waals surface area (Å²) < 4.78 is 5.40. The molecule has 0 spiro atoms. The topological polar surface area (TPSA) is 134 Å². The fourth-order valence-electron chi connectivity index (χ4n) is 4.04. The zero-order valence-corrected chi connectivity index (χ0v) is 20.7. The van der Waals surface area contributed by atoms with Crippen LogP contribution in [0.1, 0.15) is 63.3 Å².